The van der Waals surface area contributed by atoms with E-state index in [0.717, 1.165) is 29.5 Å². The molecule has 0 spiro atoms. The van der Waals surface area contributed by atoms with Crippen LogP contribution in [0.1, 0.15) is 34.6 Å². The summed E-state index contributed by atoms with van der Waals surface area (Å²) in [6.07, 6.45) is 0.381. The molecular formula is C20H19F2N3O4S. The number of nitrogens with zero attached hydrogens (tertiary/aromatic N) is 1. The van der Waals surface area contributed by atoms with Gasteiger partial charge in [0.1, 0.15) is 27.9 Å². The van der Waals surface area contributed by atoms with Gasteiger partial charge in [0, 0.05) is 25.5 Å². The predicted octanol–water partition coefficient (Wildman–Crippen LogP) is 3.34. The normalized spacial score (nSPS) is 12.0. The van der Waals surface area contributed by atoms with Crippen molar-refractivity contribution in [3.05, 3.63) is 66.1 Å². The van der Waals surface area contributed by atoms with Crippen LogP contribution in [0, 0.1) is 11.6 Å². The lowest BCUT2D eigenvalue weighted by molar-refractivity contribution is 0.0829. The maximum Gasteiger partial charge on any atom is 0.267 e. The van der Waals surface area contributed by atoms with Crippen LogP contribution in [0.2, 0.25) is 0 Å². The topological polar surface area (TPSA) is 98.7 Å². The van der Waals surface area contributed by atoms with Gasteiger partial charge < -0.3 is 20.6 Å². The molecule has 0 saturated carbocycles. The van der Waals surface area contributed by atoms with Crippen LogP contribution >= 0.6 is 11.3 Å². The van der Waals surface area contributed by atoms with Crippen LogP contribution in [0.4, 0.5) is 25.8 Å². The standard InChI is InChI=1S/C20H19F2N3O4S/c1-4-12(9-5-10(21)7-11(22)6-9)23-14-15(18(28)17(14)27)24-13-8-30-19(16(13)26)20(29)25(2)3/h5-8,12,23-24,26H,4H2,1-3H3/t12-/m1/s1. The van der Waals surface area contributed by atoms with Crippen LogP contribution in [-0.2, 0) is 0 Å². The lowest BCUT2D eigenvalue weighted by atomic mass is 10.0. The number of hydrogen-bond acceptors (Lipinski definition) is 7. The van der Waals surface area contributed by atoms with Crippen LogP contribution in [0.3, 0.4) is 0 Å². The summed E-state index contributed by atoms with van der Waals surface area (Å²) in [6, 6.07) is 2.41. The number of carbonyl (C=O) groups is 1. The van der Waals surface area contributed by atoms with E-state index >= 15 is 0 Å². The van der Waals surface area contributed by atoms with Gasteiger partial charge in [0.05, 0.1) is 11.7 Å². The molecule has 3 aromatic rings. The second-order valence-corrected chi connectivity index (χ2v) is 7.75. The molecule has 0 bridgehead atoms. The quantitative estimate of drug-likeness (QED) is 0.493. The van der Waals surface area contributed by atoms with Gasteiger partial charge in [-0.1, -0.05) is 6.92 Å². The highest BCUT2D eigenvalue weighted by Crippen LogP contribution is 2.37. The van der Waals surface area contributed by atoms with Crippen molar-refractivity contribution in [2.45, 2.75) is 19.4 Å². The number of amides is 1. The molecule has 0 unspecified atom stereocenters. The minimum absolute atomic E-state index is 0.0531. The van der Waals surface area contributed by atoms with Gasteiger partial charge in [0.15, 0.2) is 5.75 Å². The Balaban J connectivity index is 1.88. The molecule has 1 amide bonds. The van der Waals surface area contributed by atoms with Gasteiger partial charge in [0.2, 0.25) is 0 Å². The van der Waals surface area contributed by atoms with Gasteiger partial charge in [0.25, 0.3) is 16.8 Å². The van der Waals surface area contributed by atoms with Crippen molar-refractivity contribution in [1.82, 2.24) is 4.90 Å². The summed E-state index contributed by atoms with van der Waals surface area (Å²) in [5, 5.41) is 17.3. The van der Waals surface area contributed by atoms with Crippen molar-refractivity contribution >= 4 is 34.3 Å². The third-order valence-electron chi connectivity index (χ3n) is 4.55. The first-order valence-corrected chi connectivity index (χ1v) is 9.86. The fraction of sp³-hybridized carbons (Fsp3) is 0.250. The highest BCUT2D eigenvalue weighted by molar-refractivity contribution is 7.13. The van der Waals surface area contributed by atoms with Crippen molar-refractivity contribution < 1.29 is 18.7 Å². The number of benzene rings is 1. The Morgan fingerprint density at radius 3 is 2.30 bits per heavy atom. The zero-order valence-corrected chi connectivity index (χ0v) is 17.2. The Kier molecular flexibility index (Phi) is 5.88. The minimum atomic E-state index is -0.802. The molecule has 1 aromatic heterocycles. The number of halogens is 2. The van der Waals surface area contributed by atoms with Gasteiger partial charge in [-0.15, -0.1) is 11.3 Å². The van der Waals surface area contributed by atoms with E-state index in [2.05, 4.69) is 10.6 Å². The zero-order valence-electron chi connectivity index (χ0n) is 16.4. The average Bonchev–Trinajstić information content (AvgIpc) is 3.05. The summed E-state index contributed by atoms with van der Waals surface area (Å²) < 4.78 is 27.1. The first-order chi connectivity index (χ1) is 14.1. The molecule has 0 aliphatic carbocycles. The lowest BCUT2D eigenvalue weighted by Crippen LogP contribution is -2.37. The predicted molar refractivity (Wildman–Crippen MR) is 112 cm³/mol. The highest BCUT2D eigenvalue weighted by atomic mass is 32.1. The molecule has 0 saturated heterocycles. The third-order valence-corrected chi connectivity index (χ3v) is 5.51. The van der Waals surface area contributed by atoms with Crippen molar-refractivity contribution in [1.29, 1.82) is 0 Å². The Bertz CT molecular complexity index is 1160. The number of aromatic hydroxyl groups is 1. The Morgan fingerprint density at radius 2 is 1.73 bits per heavy atom. The van der Waals surface area contributed by atoms with Crippen LogP contribution in [0.15, 0.2) is 33.2 Å². The molecule has 0 aliphatic rings. The summed E-state index contributed by atoms with van der Waals surface area (Å²) in [5.74, 6) is -2.25. The maximum atomic E-state index is 13.6. The SMILES string of the molecule is CC[C@@H](Nc1c(Nc2csc(C(=O)N(C)C)c2O)c(=O)c1=O)c1cc(F)cc(F)c1. The molecule has 0 fully saturated rings. The Hall–Kier alpha value is -3.27. The number of nitrogens with one attached hydrogen (secondary N) is 2. The van der Waals surface area contributed by atoms with Crippen LogP contribution in [-0.4, -0.2) is 30.0 Å². The zero-order chi connectivity index (χ0) is 22.2. The molecule has 3 rings (SSSR count). The second kappa shape index (κ2) is 8.23. The smallest absolute Gasteiger partial charge is 0.267 e. The van der Waals surface area contributed by atoms with Gasteiger partial charge in [-0.2, -0.15) is 0 Å². The van der Waals surface area contributed by atoms with E-state index < -0.39 is 34.4 Å². The van der Waals surface area contributed by atoms with Gasteiger partial charge in [-0.05, 0) is 24.1 Å². The number of hydrogen-bond donors (Lipinski definition) is 3. The van der Waals surface area contributed by atoms with Gasteiger partial charge >= 0.3 is 0 Å². The lowest BCUT2D eigenvalue weighted by Gasteiger charge is -2.22. The first-order valence-electron chi connectivity index (χ1n) is 8.99. The van der Waals surface area contributed by atoms with Crippen LogP contribution in [0.5, 0.6) is 5.75 Å². The largest absolute Gasteiger partial charge is 0.504 e. The van der Waals surface area contributed by atoms with E-state index in [0.29, 0.717) is 6.42 Å². The van der Waals surface area contributed by atoms with Gasteiger partial charge in [-0.3, -0.25) is 14.4 Å². The molecular weight excluding hydrogens is 416 g/mol. The molecule has 158 valence electrons. The molecule has 1 atom stereocenters. The maximum absolute atomic E-state index is 13.6. The Morgan fingerprint density at radius 1 is 1.13 bits per heavy atom. The van der Waals surface area contributed by atoms with E-state index in [-0.39, 0.29) is 33.3 Å². The van der Waals surface area contributed by atoms with E-state index in [1.807, 2.05) is 0 Å². The average molecular weight is 435 g/mol. The summed E-state index contributed by atoms with van der Waals surface area (Å²) in [5.41, 5.74) is -1.35. The fourth-order valence-corrected chi connectivity index (χ4v) is 3.86. The molecule has 30 heavy (non-hydrogen) atoms. The second-order valence-electron chi connectivity index (χ2n) is 6.87. The summed E-state index contributed by atoms with van der Waals surface area (Å²) >= 11 is 0.985. The molecule has 0 radical (unpaired) electrons. The highest BCUT2D eigenvalue weighted by Gasteiger charge is 2.26. The monoisotopic (exact) mass is 435 g/mol. The molecule has 0 aliphatic heterocycles. The molecule has 10 heteroatoms. The van der Waals surface area contributed by atoms with Crippen LogP contribution in [0.25, 0.3) is 0 Å². The summed E-state index contributed by atoms with van der Waals surface area (Å²) in [6.45, 7) is 1.75. The fourth-order valence-electron chi connectivity index (χ4n) is 2.95. The van der Waals surface area contributed by atoms with Crippen molar-refractivity contribution in [2.75, 3.05) is 24.7 Å². The van der Waals surface area contributed by atoms with Crippen molar-refractivity contribution in [3.8, 4) is 5.75 Å². The van der Waals surface area contributed by atoms with Crippen molar-refractivity contribution in [3.63, 3.8) is 0 Å². The number of anilines is 3. The molecule has 7 nitrogen and oxygen atoms in total. The van der Waals surface area contributed by atoms with E-state index in [4.69, 9.17) is 0 Å². The minimum Gasteiger partial charge on any atom is -0.504 e. The first kappa shape index (κ1) is 21.4. The third kappa shape index (κ3) is 3.90. The number of rotatable bonds is 7. The van der Waals surface area contributed by atoms with Crippen LogP contribution < -0.4 is 21.5 Å². The number of carbonyl (C=O) groups excluding carboxylic acids is 1. The van der Waals surface area contributed by atoms with E-state index in [1.54, 1.807) is 6.92 Å². The van der Waals surface area contributed by atoms with E-state index in [1.165, 1.54) is 24.4 Å². The molecule has 2 aromatic carbocycles. The van der Waals surface area contributed by atoms with Crippen molar-refractivity contribution in [2.24, 2.45) is 0 Å². The summed E-state index contributed by atoms with van der Waals surface area (Å²) in [7, 11) is 3.07. The molecule has 3 N–H and O–H groups in total. The Labute approximate surface area is 174 Å². The van der Waals surface area contributed by atoms with Gasteiger partial charge in [-0.25, -0.2) is 8.78 Å². The summed E-state index contributed by atoms with van der Waals surface area (Å²) in [4.78, 5) is 37.6. The number of thiophene rings is 1. The molecule has 1 heterocycles. The van der Waals surface area contributed by atoms with E-state index in [9.17, 15) is 28.3 Å².